The number of carbonyl (C=O) groups excluding carboxylic acids is 1. The Balaban J connectivity index is 2.22. The minimum atomic E-state index is -3.95. The molecule has 0 aliphatic carbocycles. The molecule has 2 aromatic rings. The number of hydrogen-bond acceptors (Lipinski definition) is 3. The number of rotatable bonds is 7. The number of nitrogens with zero attached hydrogens (tertiary/aromatic N) is 1. The predicted molar refractivity (Wildman–Crippen MR) is 101 cm³/mol. The van der Waals surface area contributed by atoms with E-state index < -0.39 is 34.1 Å². The van der Waals surface area contributed by atoms with Gasteiger partial charge in [-0.05, 0) is 31.0 Å². The van der Waals surface area contributed by atoms with Crippen molar-refractivity contribution in [1.82, 2.24) is 5.32 Å². The molecule has 8 heteroatoms. The molecular formula is C19H22F2N2O3S. The quantitative estimate of drug-likeness (QED) is 0.781. The highest BCUT2D eigenvalue weighted by Gasteiger charge is 2.25. The summed E-state index contributed by atoms with van der Waals surface area (Å²) >= 11 is 0. The highest BCUT2D eigenvalue weighted by molar-refractivity contribution is 7.92. The van der Waals surface area contributed by atoms with Crippen molar-refractivity contribution < 1.29 is 22.0 Å². The first-order valence-electron chi connectivity index (χ1n) is 8.40. The van der Waals surface area contributed by atoms with E-state index in [1.807, 2.05) is 38.1 Å². The third kappa shape index (κ3) is 5.50. The Morgan fingerprint density at radius 2 is 1.78 bits per heavy atom. The van der Waals surface area contributed by atoms with E-state index in [4.69, 9.17) is 0 Å². The van der Waals surface area contributed by atoms with Gasteiger partial charge in [0.2, 0.25) is 15.9 Å². The molecule has 27 heavy (non-hydrogen) atoms. The van der Waals surface area contributed by atoms with E-state index in [0.717, 1.165) is 29.5 Å². The highest BCUT2D eigenvalue weighted by atomic mass is 32.2. The zero-order valence-corrected chi connectivity index (χ0v) is 16.2. The monoisotopic (exact) mass is 396 g/mol. The SMILES string of the molecule is CCC(NC(=O)CN(c1ccc(F)cc1F)S(C)(=O)=O)c1ccc(C)cc1. The number of halogens is 2. The van der Waals surface area contributed by atoms with E-state index >= 15 is 0 Å². The topological polar surface area (TPSA) is 66.5 Å². The lowest BCUT2D eigenvalue weighted by Crippen LogP contribution is -2.41. The highest BCUT2D eigenvalue weighted by Crippen LogP contribution is 2.23. The van der Waals surface area contributed by atoms with E-state index in [2.05, 4.69) is 5.32 Å². The smallest absolute Gasteiger partial charge is 0.241 e. The van der Waals surface area contributed by atoms with Gasteiger partial charge in [0.05, 0.1) is 18.0 Å². The summed E-state index contributed by atoms with van der Waals surface area (Å²) < 4.78 is 51.9. The molecule has 0 bridgehead atoms. The summed E-state index contributed by atoms with van der Waals surface area (Å²) in [5.41, 5.74) is 1.59. The molecule has 0 aliphatic rings. The van der Waals surface area contributed by atoms with Crippen molar-refractivity contribution in [3.8, 4) is 0 Å². The normalized spacial score (nSPS) is 12.5. The fourth-order valence-corrected chi connectivity index (χ4v) is 3.51. The van der Waals surface area contributed by atoms with Gasteiger partial charge in [0.1, 0.15) is 18.2 Å². The summed E-state index contributed by atoms with van der Waals surface area (Å²) in [5.74, 6) is -2.48. The van der Waals surface area contributed by atoms with Crippen LogP contribution in [0.15, 0.2) is 42.5 Å². The summed E-state index contributed by atoms with van der Waals surface area (Å²) in [7, 11) is -3.95. The molecule has 1 N–H and O–H groups in total. The van der Waals surface area contributed by atoms with Gasteiger partial charge in [-0.2, -0.15) is 0 Å². The van der Waals surface area contributed by atoms with Gasteiger partial charge in [-0.15, -0.1) is 0 Å². The Kier molecular flexibility index (Phi) is 6.54. The Hall–Kier alpha value is -2.48. The number of benzene rings is 2. The van der Waals surface area contributed by atoms with Crippen LogP contribution in [0.25, 0.3) is 0 Å². The third-order valence-corrected chi connectivity index (χ3v) is 5.22. The number of hydrogen-bond donors (Lipinski definition) is 1. The Labute approximate surface area is 158 Å². The Morgan fingerprint density at radius 1 is 1.15 bits per heavy atom. The summed E-state index contributed by atoms with van der Waals surface area (Å²) in [6, 6.07) is 9.81. The molecule has 0 radical (unpaired) electrons. The van der Waals surface area contributed by atoms with Crippen molar-refractivity contribution in [3.63, 3.8) is 0 Å². The maximum Gasteiger partial charge on any atom is 0.241 e. The zero-order valence-electron chi connectivity index (χ0n) is 15.4. The van der Waals surface area contributed by atoms with E-state index in [0.29, 0.717) is 16.8 Å². The van der Waals surface area contributed by atoms with Crippen LogP contribution >= 0.6 is 0 Å². The molecular weight excluding hydrogens is 374 g/mol. The van der Waals surface area contributed by atoms with Crippen LogP contribution < -0.4 is 9.62 Å². The molecule has 0 heterocycles. The average Bonchev–Trinajstić information content (AvgIpc) is 2.58. The molecule has 146 valence electrons. The average molecular weight is 396 g/mol. The van der Waals surface area contributed by atoms with Gasteiger partial charge >= 0.3 is 0 Å². The van der Waals surface area contributed by atoms with E-state index in [9.17, 15) is 22.0 Å². The van der Waals surface area contributed by atoms with Gasteiger partial charge in [0.25, 0.3) is 0 Å². The zero-order chi connectivity index (χ0) is 20.2. The molecule has 0 aromatic heterocycles. The molecule has 0 spiro atoms. The molecule has 0 fully saturated rings. The molecule has 2 aromatic carbocycles. The van der Waals surface area contributed by atoms with Crippen molar-refractivity contribution in [2.45, 2.75) is 26.3 Å². The summed E-state index contributed by atoms with van der Waals surface area (Å²) in [6.07, 6.45) is 1.46. The number of amides is 1. The molecule has 1 atom stereocenters. The Bertz CT molecular complexity index is 915. The van der Waals surface area contributed by atoms with Crippen LogP contribution in [0.2, 0.25) is 0 Å². The number of aryl methyl sites for hydroxylation is 1. The molecule has 1 unspecified atom stereocenters. The predicted octanol–water partition coefficient (Wildman–Crippen LogP) is 3.31. The fraction of sp³-hybridized carbons (Fsp3) is 0.316. The molecule has 0 saturated carbocycles. The van der Waals surface area contributed by atoms with Gasteiger partial charge in [0.15, 0.2) is 0 Å². The van der Waals surface area contributed by atoms with Crippen LogP contribution in [0.5, 0.6) is 0 Å². The molecule has 5 nitrogen and oxygen atoms in total. The summed E-state index contributed by atoms with van der Waals surface area (Å²) in [5, 5.41) is 2.76. The number of nitrogens with one attached hydrogen (secondary N) is 1. The number of sulfonamides is 1. The fourth-order valence-electron chi connectivity index (χ4n) is 2.65. The van der Waals surface area contributed by atoms with Crippen LogP contribution in [0.3, 0.4) is 0 Å². The van der Waals surface area contributed by atoms with Gasteiger partial charge < -0.3 is 5.32 Å². The first-order valence-corrected chi connectivity index (χ1v) is 10.3. The second-order valence-corrected chi connectivity index (χ2v) is 8.21. The van der Waals surface area contributed by atoms with Crippen LogP contribution in [0.4, 0.5) is 14.5 Å². The van der Waals surface area contributed by atoms with Crippen molar-refractivity contribution in [2.75, 3.05) is 17.1 Å². The van der Waals surface area contributed by atoms with Crippen LogP contribution in [-0.2, 0) is 14.8 Å². The van der Waals surface area contributed by atoms with E-state index in [1.165, 1.54) is 0 Å². The van der Waals surface area contributed by atoms with Crippen LogP contribution in [0.1, 0.15) is 30.5 Å². The van der Waals surface area contributed by atoms with Gasteiger partial charge in [-0.25, -0.2) is 17.2 Å². The van der Waals surface area contributed by atoms with Crippen molar-refractivity contribution in [1.29, 1.82) is 0 Å². The van der Waals surface area contributed by atoms with Crippen molar-refractivity contribution in [2.24, 2.45) is 0 Å². The van der Waals surface area contributed by atoms with Gasteiger partial charge in [0, 0.05) is 6.07 Å². The van der Waals surface area contributed by atoms with E-state index in [-0.39, 0.29) is 11.7 Å². The second-order valence-electron chi connectivity index (χ2n) is 6.30. The lowest BCUT2D eigenvalue weighted by atomic mass is 10.0. The molecule has 2 rings (SSSR count). The maximum absolute atomic E-state index is 14.0. The van der Waals surface area contributed by atoms with Gasteiger partial charge in [-0.1, -0.05) is 36.8 Å². The van der Waals surface area contributed by atoms with Crippen LogP contribution in [-0.4, -0.2) is 27.1 Å². The lowest BCUT2D eigenvalue weighted by Gasteiger charge is -2.24. The summed E-state index contributed by atoms with van der Waals surface area (Å²) in [4.78, 5) is 12.4. The third-order valence-electron chi connectivity index (χ3n) is 4.09. The standard InChI is InChI=1S/C19H22F2N2O3S/c1-4-17(14-7-5-13(2)6-8-14)22-19(24)12-23(27(3,25)26)18-10-9-15(20)11-16(18)21/h5-11,17H,4,12H2,1-3H3,(H,22,24). The number of anilines is 1. The van der Waals surface area contributed by atoms with E-state index in [1.54, 1.807) is 0 Å². The maximum atomic E-state index is 14.0. The van der Waals surface area contributed by atoms with Crippen LogP contribution in [0, 0.1) is 18.6 Å². The minimum absolute atomic E-state index is 0.308. The first-order chi connectivity index (χ1) is 12.6. The van der Waals surface area contributed by atoms with Crippen molar-refractivity contribution in [3.05, 3.63) is 65.2 Å². The lowest BCUT2D eigenvalue weighted by molar-refractivity contribution is -0.120. The first kappa shape index (κ1) is 20.8. The number of carbonyl (C=O) groups is 1. The molecule has 0 aliphatic heterocycles. The Morgan fingerprint density at radius 3 is 2.30 bits per heavy atom. The molecule has 1 amide bonds. The van der Waals surface area contributed by atoms with Gasteiger partial charge in [-0.3, -0.25) is 9.10 Å². The summed E-state index contributed by atoms with van der Waals surface area (Å²) in [6.45, 7) is 3.23. The van der Waals surface area contributed by atoms with Crippen molar-refractivity contribution >= 4 is 21.6 Å². The largest absolute Gasteiger partial charge is 0.348 e. The second kappa shape index (κ2) is 8.47. The minimum Gasteiger partial charge on any atom is -0.348 e. The molecule has 0 saturated heterocycles.